The summed E-state index contributed by atoms with van der Waals surface area (Å²) in [7, 11) is -3.53. The number of aliphatic hydroxyl groups is 1. The van der Waals surface area contributed by atoms with Crippen LogP contribution in [0.3, 0.4) is 0 Å². The van der Waals surface area contributed by atoms with Crippen molar-refractivity contribution in [1.82, 2.24) is 0 Å². The monoisotopic (exact) mass is 317 g/mol. The molecule has 3 N–H and O–H groups in total. The summed E-state index contributed by atoms with van der Waals surface area (Å²) in [6, 6.07) is 17.8. The van der Waals surface area contributed by atoms with Gasteiger partial charge in [0.1, 0.15) is 0 Å². The summed E-state index contributed by atoms with van der Waals surface area (Å²) in [6.45, 7) is -0.0976. The lowest BCUT2D eigenvalue weighted by molar-refractivity contribution is 0.212. The molecule has 2 aromatic carbocycles. The Balaban J connectivity index is 2.06. The molecule has 22 heavy (non-hydrogen) atoms. The highest BCUT2D eigenvalue weighted by Crippen LogP contribution is 2.63. The lowest BCUT2D eigenvalue weighted by atomic mass is 10.0. The first-order valence-electron chi connectivity index (χ1n) is 7.23. The number of sulfone groups is 1. The van der Waals surface area contributed by atoms with E-state index in [-0.39, 0.29) is 24.0 Å². The van der Waals surface area contributed by atoms with Crippen LogP contribution >= 0.6 is 0 Å². The van der Waals surface area contributed by atoms with Crippen molar-refractivity contribution in [1.29, 1.82) is 0 Å². The summed E-state index contributed by atoms with van der Waals surface area (Å²) in [5, 5.41) is 9.14. The first-order valence-corrected chi connectivity index (χ1v) is 8.77. The van der Waals surface area contributed by atoms with E-state index in [2.05, 4.69) is 0 Å². The minimum absolute atomic E-state index is 0.139. The fraction of sp³-hybridized carbons (Fsp3) is 0.294. The largest absolute Gasteiger partial charge is 0.396 e. The van der Waals surface area contributed by atoms with Crippen LogP contribution in [0.25, 0.3) is 0 Å². The molecule has 0 heterocycles. The van der Waals surface area contributed by atoms with Crippen molar-refractivity contribution in [3.8, 4) is 0 Å². The van der Waals surface area contributed by atoms with E-state index in [0.717, 1.165) is 5.56 Å². The molecule has 1 aliphatic carbocycles. The third-order valence-corrected chi connectivity index (χ3v) is 6.96. The smallest absolute Gasteiger partial charge is 0.182 e. The lowest BCUT2D eigenvalue weighted by Crippen LogP contribution is -2.27. The zero-order valence-electron chi connectivity index (χ0n) is 12.1. The van der Waals surface area contributed by atoms with Crippen molar-refractivity contribution in [3.63, 3.8) is 0 Å². The van der Waals surface area contributed by atoms with Crippen molar-refractivity contribution in [2.45, 2.75) is 16.1 Å². The zero-order valence-corrected chi connectivity index (χ0v) is 12.9. The van der Waals surface area contributed by atoms with Crippen LogP contribution in [0.5, 0.6) is 0 Å². The highest BCUT2D eigenvalue weighted by Gasteiger charge is 2.69. The summed E-state index contributed by atoms with van der Waals surface area (Å²) in [6.07, 6.45) is 0. The maximum atomic E-state index is 12.9. The third kappa shape index (κ3) is 2.17. The minimum Gasteiger partial charge on any atom is -0.396 e. The molecule has 0 aromatic heterocycles. The van der Waals surface area contributed by atoms with Gasteiger partial charge in [-0.2, -0.15) is 0 Å². The van der Waals surface area contributed by atoms with Gasteiger partial charge in [-0.15, -0.1) is 0 Å². The molecule has 116 valence electrons. The highest BCUT2D eigenvalue weighted by atomic mass is 32.2. The Labute approximate surface area is 130 Å². The maximum Gasteiger partial charge on any atom is 0.182 e. The molecule has 5 heteroatoms. The SMILES string of the molecule is NC[C@]1(CO)[C@H](c2ccccc2)[C@H]1S(=O)(=O)c1ccccc1. The van der Waals surface area contributed by atoms with Crippen LogP contribution in [-0.2, 0) is 9.84 Å². The number of hydrogen-bond donors (Lipinski definition) is 2. The number of benzene rings is 2. The Morgan fingerprint density at radius 2 is 1.55 bits per heavy atom. The predicted octanol–water partition coefficient (Wildman–Crippen LogP) is 1.56. The van der Waals surface area contributed by atoms with Crippen molar-refractivity contribution >= 4 is 9.84 Å². The average Bonchev–Trinajstić information content (AvgIpc) is 3.27. The molecule has 3 atom stereocenters. The van der Waals surface area contributed by atoms with Crippen molar-refractivity contribution in [2.24, 2.45) is 11.1 Å². The van der Waals surface area contributed by atoms with E-state index >= 15 is 0 Å². The van der Waals surface area contributed by atoms with Gasteiger partial charge in [0.05, 0.1) is 16.8 Å². The minimum atomic E-state index is -3.53. The summed E-state index contributed by atoms with van der Waals surface area (Å²) in [5.41, 5.74) is 5.96. The van der Waals surface area contributed by atoms with Crippen LogP contribution in [0.15, 0.2) is 65.6 Å². The number of rotatable bonds is 5. The molecular formula is C17H19NO3S. The summed E-state index contributed by atoms with van der Waals surface area (Å²) in [4.78, 5) is 0.282. The van der Waals surface area contributed by atoms with Gasteiger partial charge in [-0.25, -0.2) is 8.42 Å². The molecule has 0 bridgehead atoms. The van der Waals surface area contributed by atoms with E-state index in [0.29, 0.717) is 0 Å². The van der Waals surface area contributed by atoms with Crippen LogP contribution in [0.1, 0.15) is 11.5 Å². The molecule has 4 nitrogen and oxygen atoms in total. The first kappa shape index (κ1) is 15.2. The second kappa shape index (κ2) is 5.50. The molecule has 0 aliphatic heterocycles. The third-order valence-electron chi connectivity index (χ3n) is 4.62. The van der Waals surface area contributed by atoms with E-state index in [4.69, 9.17) is 5.73 Å². The Hall–Kier alpha value is -1.69. The van der Waals surface area contributed by atoms with Gasteiger partial charge in [0, 0.05) is 17.9 Å². The topological polar surface area (TPSA) is 80.4 Å². The summed E-state index contributed by atoms with van der Waals surface area (Å²) < 4.78 is 25.9. The van der Waals surface area contributed by atoms with Gasteiger partial charge in [0.25, 0.3) is 0 Å². The standard InChI is InChI=1S/C17H19NO3S/c18-11-17(12-19)15(13-7-3-1-4-8-13)16(17)22(20,21)14-9-5-2-6-10-14/h1-10,15-16,19H,11-12,18H2/t15-,16-,17+/m1/s1. The zero-order chi connectivity index (χ0) is 15.8. The maximum absolute atomic E-state index is 12.9. The Morgan fingerprint density at radius 1 is 1.00 bits per heavy atom. The molecule has 0 unspecified atom stereocenters. The van der Waals surface area contributed by atoms with Gasteiger partial charge < -0.3 is 10.8 Å². The number of hydrogen-bond acceptors (Lipinski definition) is 4. The molecule has 1 saturated carbocycles. The molecule has 2 aromatic rings. The second-order valence-electron chi connectivity index (χ2n) is 5.76. The Bertz CT molecular complexity index is 740. The summed E-state index contributed by atoms with van der Waals surface area (Å²) in [5.74, 6) is -0.270. The van der Waals surface area contributed by atoms with Crippen LogP contribution in [0.4, 0.5) is 0 Å². The predicted molar refractivity (Wildman–Crippen MR) is 85.2 cm³/mol. The molecular weight excluding hydrogens is 298 g/mol. The second-order valence-corrected chi connectivity index (χ2v) is 7.83. The van der Waals surface area contributed by atoms with Crippen LogP contribution < -0.4 is 5.73 Å². The molecule has 0 spiro atoms. The summed E-state index contributed by atoms with van der Waals surface area (Å²) >= 11 is 0. The van der Waals surface area contributed by atoms with Crippen LogP contribution in [0, 0.1) is 5.41 Å². The Kier molecular flexibility index (Phi) is 3.80. The van der Waals surface area contributed by atoms with E-state index in [1.807, 2.05) is 30.3 Å². The fourth-order valence-electron chi connectivity index (χ4n) is 3.36. The highest BCUT2D eigenvalue weighted by molar-refractivity contribution is 7.92. The van der Waals surface area contributed by atoms with E-state index < -0.39 is 20.5 Å². The van der Waals surface area contributed by atoms with Crippen molar-refractivity contribution in [2.75, 3.05) is 13.2 Å². The number of aliphatic hydroxyl groups excluding tert-OH is 1. The fourth-order valence-corrected chi connectivity index (χ4v) is 5.83. The van der Waals surface area contributed by atoms with Gasteiger partial charge >= 0.3 is 0 Å². The van der Waals surface area contributed by atoms with Gasteiger partial charge in [0.2, 0.25) is 0 Å². The van der Waals surface area contributed by atoms with Crippen molar-refractivity contribution < 1.29 is 13.5 Å². The molecule has 3 rings (SSSR count). The van der Waals surface area contributed by atoms with Gasteiger partial charge in [0.15, 0.2) is 9.84 Å². The lowest BCUT2D eigenvalue weighted by Gasteiger charge is -2.12. The van der Waals surface area contributed by atoms with Crippen LogP contribution in [-0.4, -0.2) is 31.9 Å². The van der Waals surface area contributed by atoms with Gasteiger partial charge in [-0.05, 0) is 17.7 Å². The molecule has 1 fully saturated rings. The molecule has 0 saturated heterocycles. The molecule has 0 radical (unpaired) electrons. The average molecular weight is 317 g/mol. The number of nitrogens with two attached hydrogens (primary N) is 1. The normalized spacial score (nSPS) is 27.5. The quantitative estimate of drug-likeness (QED) is 0.877. The Morgan fingerprint density at radius 3 is 2.05 bits per heavy atom. The van der Waals surface area contributed by atoms with E-state index in [1.54, 1.807) is 30.3 Å². The van der Waals surface area contributed by atoms with Crippen molar-refractivity contribution in [3.05, 3.63) is 66.2 Å². The van der Waals surface area contributed by atoms with Gasteiger partial charge in [-0.1, -0.05) is 48.5 Å². The van der Waals surface area contributed by atoms with Gasteiger partial charge in [-0.3, -0.25) is 0 Å². The molecule has 1 aliphatic rings. The first-order chi connectivity index (χ1) is 10.6. The van der Waals surface area contributed by atoms with E-state index in [9.17, 15) is 13.5 Å². The van der Waals surface area contributed by atoms with Crippen LogP contribution in [0.2, 0.25) is 0 Å². The molecule has 0 amide bonds. The van der Waals surface area contributed by atoms with E-state index in [1.165, 1.54) is 0 Å².